The first-order chi connectivity index (χ1) is 39.5. The minimum atomic E-state index is -0.789. The van der Waals surface area contributed by atoms with Crippen LogP contribution in [0.1, 0.15) is 361 Å². The number of carbonyl (C=O) groups is 3. The van der Waals surface area contributed by atoms with Crippen molar-refractivity contribution in [2.75, 3.05) is 13.2 Å². The molecular formula is C74H132O6. The Hall–Kier alpha value is -3.15. The van der Waals surface area contributed by atoms with Gasteiger partial charge < -0.3 is 14.2 Å². The summed E-state index contributed by atoms with van der Waals surface area (Å²) >= 11 is 0. The number of rotatable bonds is 64. The van der Waals surface area contributed by atoms with Crippen molar-refractivity contribution < 1.29 is 28.6 Å². The van der Waals surface area contributed by atoms with E-state index in [0.717, 1.165) is 89.9 Å². The summed E-state index contributed by atoms with van der Waals surface area (Å²) < 4.78 is 16.9. The molecule has 0 bridgehead atoms. The Morgan fingerprint density at radius 3 is 0.787 bits per heavy atom. The van der Waals surface area contributed by atoms with Crippen LogP contribution in [0.4, 0.5) is 0 Å². The van der Waals surface area contributed by atoms with Crippen LogP contribution in [0.2, 0.25) is 0 Å². The van der Waals surface area contributed by atoms with Gasteiger partial charge in [-0.15, -0.1) is 0 Å². The number of allylic oxidation sites excluding steroid dienone is 12. The fourth-order valence-electron chi connectivity index (χ4n) is 10.2. The molecule has 0 aliphatic rings. The summed E-state index contributed by atoms with van der Waals surface area (Å²) in [6.45, 7) is 6.53. The van der Waals surface area contributed by atoms with Crippen LogP contribution in [0, 0.1) is 0 Å². The standard InChI is InChI=1S/C74H132O6/c1-4-7-10-13-16-19-22-25-27-29-31-32-33-34-35-36-37-38-39-40-41-42-43-45-46-49-52-55-58-61-64-67-73(76)79-70-71(69-78-72(75)66-63-60-57-54-51-48-24-21-18-15-12-9-6-3)80-74(77)68-65-62-59-56-53-50-47-44-30-28-26-23-20-17-14-11-8-5-2/h9,12,18,21-22,25,28-31,48,51,71H,4-8,10-11,13-17,19-20,23-24,26-27,32-47,49-50,52-70H2,1-3H3/b12-9-,21-18-,25-22-,30-28-,31-29-,51-48-. The summed E-state index contributed by atoms with van der Waals surface area (Å²) in [4.78, 5) is 38.3. The predicted molar refractivity (Wildman–Crippen MR) is 348 cm³/mol. The van der Waals surface area contributed by atoms with Gasteiger partial charge in [0, 0.05) is 19.3 Å². The normalized spacial score (nSPS) is 12.5. The highest BCUT2D eigenvalue weighted by Crippen LogP contribution is 2.18. The largest absolute Gasteiger partial charge is 0.462 e. The molecule has 0 N–H and O–H groups in total. The molecular weight excluding hydrogens is 985 g/mol. The van der Waals surface area contributed by atoms with Crippen LogP contribution in [0.3, 0.4) is 0 Å². The second-order valence-corrected chi connectivity index (χ2v) is 23.4. The third kappa shape index (κ3) is 65.7. The number of ether oxygens (including phenoxy) is 3. The van der Waals surface area contributed by atoms with Gasteiger partial charge in [-0.25, -0.2) is 0 Å². The smallest absolute Gasteiger partial charge is 0.306 e. The molecule has 0 radical (unpaired) electrons. The molecule has 80 heavy (non-hydrogen) atoms. The van der Waals surface area contributed by atoms with E-state index in [-0.39, 0.29) is 31.1 Å². The molecule has 6 nitrogen and oxygen atoms in total. The van der Waals surface area contributed by atoms with E-state index in [0.29, 0.717) is 19.3 Å². The highest BCUT2D eigenvalue weighted by molar-refractivity contribution is 5.71. The minimum absolute atomic E-state index is 0.0834. The van der Waals surface area contributed by atoms with Crippen molar-refractivity contribution >= 4 is 17.9 Å². The maximum Gasteiger partial charge on any atom is 0.306 e. The summed E-state index contributed by atoms with van der Waals surface area (Å²) in [6.07, 6.45) is 89.4. The molecule has 0 spiro atoms. The molecule has 0 aliphatic heterocycles. The molecule has 0 heterocycles. The van der Waals surface area contributed by atoms with E-state index in [9.17, 15) is 14.4 Å². The van der Waals surface area contributed by atoms with Crippen LogP contribution in [0.5, 0.6) is 0 Å². The molecule has 464 valence electrons. The fraction of sp³-hybridized carbons (Fsp3) is 0.797. The second kappa shape index (κ2) is 68.3. The Balaban J connectivity index is 4.19. The summed E-state index contributed by atoms with van der Waals surface area (Å²) in [5.74, 6) is -0.900. The van der Waals surface area contributed by atoms with Crippen LogP contribution in [0.15, 0.2) is 72.9 Å². The number of esters is 3. The first-order valence-corrected chi connectivity index (χ1v) is 34.9. The van der Waals surface area contributed by atoms with E-state index in [4.69, 9.17) is 14.2 Å². The Morgan fingerprint density at radius 2 is 0.487 bits per heavy atom. The maximum atomic E-state index is 12.9. The van der Waals surface area contributed by atoms with E-state index in [1.807, 2.05) is 0 Å². The van der Waals surface area contributed by atoms with Crippen LogP contribution >= 0.6 is 0 Å². The number of carbonyl (C=O) groups excluding carboxylic acids is 3. The van der Waals surface area contributed by atoms with Crippen molar-refractivity contribution in [1.82, 2.24) is 0 Å². The Morgan fingerprint density at radius 1 is 0.263 bits per heavy atom. The van der Waals surface area contributed by atoms with Gasteiger partial charge in [0.05, 0.1) is 0 Å². The topological polar surface area (TPSA) is 78.9 Å². The zero-order chi connectivity index (χ0) is 57.8. The van der Waals surface area contributed by atoms with Gasteiger partial charge >= 0.3 is 17.9 Å². The first kappa shape index (κ1) is 76.9. The minimum Gasteiger partial charge on any atom is -0.462 e. The molecule has 0 aliphatic carbocycles. The van der Waals surface area contributed by atoms with E-state index in [1.54, 1.807) is 0 Å². The van der Waals surface area contributed by atoms with Crippen molar-refractivity contribution in [2.24, 2.45) is 0 Å². The lowest BCUT2D eigenvalue weighted by molar-refractivity contribution is -0.167. The molecule has 1 atom stereocenters. The molecule has 0 saturated carbocycles. The van der Waals surface area contributed by atoms with Crippen molar-refractivity contribution in [2.45, 2.75) is 367 Å². The molecule has 1 unspecified atom stereocenters. The molecule has 0 amide bonds. The van der Waals surface area contributed by atoms with Gasteiger partial charge in [0.1, 0.15) is 13.2 Å². The highest BCUT2D eigenvalue weighted by atomic mass is 16.6. The van der Waals surface area contributed by atoms with Crippen molar-refractivity contribution in [3.63, 3.8) is 0 Å². The summed E-state index contributed by atoms with van der Waals surface area (Å²) in [5, 5.41) is 0. The Bertz CT molecular complexity index is 1470. The summed E-state index contributed by atoms with van der Waals surface area (Å²) in [7, 11) is 0. The number of hydrogen-bond donors (Lipinski definition) is 0. The average Bonchev–Trinajstić information content (AvgIpc) is 3.46. The van der Waals surface area contributed by atoms with E-state index >= 15 is 0 Å². The monoisotopic (exact) mass is 1120 g/mol. The third-order valence-electron chi connectivity index (χ3n) is 15.4. The van der Waals surface area contributed by atoms with Crippen LogP contribution in [0.25, 0.3) is 0 Å². The highest BCUT2D eigenvalue weighted by Gasteiger charge is 2.19. The predicted octanol–water partition coefficient (Wildman–Crippen LogP) is 24.1. The lowest BCUT2D eigenvalue weighted by atomic mass is 10.0. The van der Waals surface area contributed by atoms with Gasteiger partial charge in [-0.3, -0.25) is 14.4 Å². The summed E-state index contributed by atoms with van der Waals surface area (Å²) in [6, 6.07) is 0. The summed E-state index contributed by atoms with van der Waals surface area (Å²) in [5.41, 5.74) is 0. The Kier molecular flexibility index (Phi) is 65.7. The molecule has 0 fully saturated rings. The lowest BCUT2D eigenvalue weighted by Gasteiger charge is -2.18. The zero-order valence-corrected chi connectivity index (χ0v) is 53.3. The number of hydrogen-bond acceptors (Lipinski definition) is 6. The van der Waals surface area contributed by atoms with Gasteiger partial charge in [-0.1, -0.05) is 306 Å². The fourth-order valence-corrected chi connectivity index (χ4v) is 10.2. The quantitative estimate of drug-likeness (QED) is 0.0261. The van der Waals surface area contributed by atoms with Gasteiger partial charge in [-0.05, 0) is 109 Å². The molecule has 0 saturated heterocycles. The zero-order valence-electron chi connectivity index (χ0n) is 53.3. The molecule has 6 heteroatoms. The second-order valence-electron chi connectivity index (χ2n) is 23.4. The van der Waals surface area contributed by atoms with Crippen molar-refractivity contribution in [1.29, 1.82) is 0 Å². The van der Waals surface area contributed by atoms with E-state index in [1.165, 1.54) is 231 Å². The SMILES string of the molecule is CC/C=C\C/C=C\C/C=C\CCCCCC(=O)OCC(COC(=O)CCCCCCCCCCCCCCCCCCCCC/C=C\C/C=C\CCCCCCC)OC(=O)CCCCCCCCC/C=C\CCCCCCCCC. The third-order valence-corrected chi connectivity index (χ3v) is 15.4. The first-order valence-electron chi connectivity index (χ1n) is 34.9. The van der Waals surface area contributed by atoms with Gasteiger partial charge in [0.15, 0.2) is 6.10 Å². The number of unbranched alkanes of at least 4 members (excludes halogenated alkanes) is 41. The van der Waals surface area contributed by atoms with Crippen molar-refractivity contribution in [3.8, 4) is 0 Å². The van der Waals surface area contributed by atoms with Gasteiger partial charge in [0.25, 0.3) is 0 Å². The maximum absolute atomic E-state index is 12.9. The average molecular weight is 1120 g/mol. The van der Waals surface area contributed by atoms with Gasteiger partial charge in [0.2, 0.25) is 0 Å². The van der Waals surface area contributed by atoms with Crippen molar-refractivity contribution in [3.05, 3.63) is 72.9 Å². The molecule has 0 aromatic carbocycles. The van der Waals surface area contributed by atoms with Crippen LogP contribution in [-0.2, 0) is 28.6 Å². The van der Waals surface area contributed by atoms with Crippen LogP contribution in [-0.4, -0.2) is 37.2 Å². The lowest BCUT2D eigenvalue weighted by Crippen LogP contribution is -2.30. The van der Waals surface area contributed by atoms with Gasteiger partial charge in [-0.2, -0.15) is 0 Å². The van der Waals surface area contributed by atoms with E-state index < -0.39 is 6.10 Å². The Labute approximate surface area is 497 Å². The van der Waals surface area contributed by atoms with E-state index in [2.05, 4.69) is 93.7 Å². The van der Waals surface area contributed by atoms with Crippen LogP contribution < -0.4 is 0 Å². The molecule has 0 rings (SSSR count). The molecule has 0 aromatic rings. The molecule has 0 aromatic heterocycles.